The van der Waals surface area contributed by atoms with Gasteiger partial charge in [0.15, 0.2) is 11.5 Å². The monoisotopic (exact) mass is 443 g/mol. The van der Waals surface area contributed by atoms with Gasteiger partial charge in [-0.15, -0.1) is 0 Å². The predicted octanol–water partition coefficient (Wildman–Crippen LogP) is 2.75. The highest BCUT2D eigenvalue weighted by Crippen LogP contribution is 2.37. The van der Waals surface area contributed by atoms with Crippen LogP contribution in [0.25, 0.3) is 0 Å². The van der Waals surface area contributed by atoms with E-state index in [1.54, 1.807) is 29.2 Å². The van der Waals surface area contributed by atoms with Gasteiger partial charge in [0.25, 0.3) is 11.8 Å². The van der Waals surface area contributed by atoms with Gasteiger partial charge < -0.3 is 25.0 Å². The third kappa shape index (κ3) is 3.84. The maximum absolute atomic E-state index is 11.9. The summed E-state index contributed by atoms with van der Waals surface area (Å²) in [4.78, 5) is 36.2. The number of nitrogens with two attached hydrogens (primary N) is 1. The number of rotatable bonds is 7. The number of benzene rings is 2. The molecule has 1 aromatic heterocycles. The van der Waals surface area contributed by atoms with Crippen molar-refractivity contribution in [1.82, 2.24) is 14.9 Å². The van der Waals surface area contributed by atoms with Crippen LogP contribution < -0.4 is 20.1 Å². The van der Waals surface area contributed by atoms with E-state index in [0.717, 1.165) is 5.75 Å². The van der Waals surface area contributed by atoms with Crippen LogP contribution in [0.4, 0.5) is 5.82 Å². The minimum Gasteiger partial charge on any atom is -0.457 e. The molecule has 2 saturated heterocycles. The van der Waals surface area contributed by atoms with Crippen molar-refractivity contribution in [2.24, 2.45) is 5.73 Å². The van der Waals surface area contributed by atoms with Crippen LogP contribution in [-0.2, 0) is 4.79 Å². The van der Waals surface area contributed by atoms with Crippen molar-refractivity contribution in [2.75, 3.05) is 18.0 Å². The molecule has 0 bridgehead atoms. The standard InChI is InChI=1S/C24H21N5O4/c1-2-21(30)29-14-18-19(29)13-28(18)20-12-26-22(23(25)31)24(27-20)33-17-10-8-16(9-11-17)32-15-6-4-3-5-7-15/h2-12,18-19H,1,13-14H2,(H2,25,31). The number of fused-ring (bicyclic) bond motifs is 1. The van der Waals surface area contributed by atoms with Crippen molar-refractivity contribution in [3.8, 4) is 23.1 Å². The number of amides is 2. The van der Waals surface area contributed by atoms with Crippen LogP contribution >= 0.6 is 0 Å². The van der Waals surface area contributed by atoms with Gasteiger partial charge in [-0.3, -0.25) is 9.59 Å². The molecule has 2 unspecified atom stereocenters. The SMILES string of the molecule is C=CC(=O)N1CC2C1CN2c1cnc(C(N)=O)c(Oc2ccc(Oc3ccccc3)cc2)n1. The molecule has 2 amide bonds. The van der Waals surface area contributed by atoms with E-state index >= 15 is 0 Å². The second-order valence-corrected chi connectivity index (χ2v) is 7.72. The van der Waals surface area contributed by atoms with E-state index in [0.29, 0.717) is 30.4 Å². The quantitative estimate of drug-likeness (QED) is 0.559. The first-order chi connectivity index (χ1) is 16.0. The van der Waals surface area contributed by atoms with Crippen LogP contribution in [0.5, 0.6) is 23.1 Å². The van der Waals surface area contributed by atoms with Crippen molar-refractivity contribution in [2.45, 2.75) is 12.1 Å². The molecule has 0 spiro atoms. The van der Waals surface area contributed by atoms with Gasteiger partial charge in [0, 0.05) is 13.1 Å². The number of ether oxygens (including phenoxy) is 2. The average Bonchev–Trinajstić information content (AvgIpc) is 2.81. The van der Waals surface area contributed by atoms with Crippen LogP contribution in [0.1, 0.15) is 10.5 Å². The van der Waals surface area contributed by atoms with Gasteiger partial charge in [0.2, 0.25) is 5.91 Å². The maximum Gasteiger partial charge on any atom is 0.272 e. The molecule has 5 rings (SSSR count). The number of para-hydroxylation sites is 1. The number of primary amides is 1. The van der Waals surface area contributed by atoms with Crippen molar-refractivity contribution < 1.29 is 19.1 Å². The molecule has 0 aliphatic carbocycles. The molecule has 3 heterocycles. The van der Waals surface area contributed by atoms with Gasteiger partial charge in [-0.25, -0.2) is 4.98 Å². The molecule has 0 saturated carbocycles. The summed E-state index contributed by atoms with van der Waals surface area (Å²) in [6.45, 7) is 4.75. The Labute approximate surface area is 190 Å². The number of anilines is 1. The Kier molecular flexibility index (Phi) is 5.14. The molecular formula is C24H21N5O4. The zero-order chi connectivity index (χ0) is 22.9. The number of carbonyl (C=O) groups is 2. The number of aromatic nitrogens is 2. The molecule has 9 heteroatoms. The Morgan fingerprint density at radius 1 is 0.970 bits per heavy atom. The first-order valence-electron chi connectivity index (χ1n) is 10.4. The average molecular weight is 443 g/mol. The number of hydrogen-bond donors (Lipinski definition) is 1. The molecule has 3 aromatic rings. The minimum atomic E-state index is -0.735. The van der Waals surface area contributed by atoms with E-state index in [2.05, 4.69) is 16.5 Å². The fourth-order valence-corrected chi connectivity index (χ4v) is 3.94. The number of piperazine rings is 1. The molecule has 2 atom stereocenters. The smallest absolute Gasteiger partial charge is 0.272 e. The Morgan fingerprint density at radius 3 is 2.24 bits per heavy atom. The lowest BCUT2D eigenvalue weighted by Crippen LogP contribution is -2.80. The lowest BCUT2D eigenvalue weighted by molar-refractivity contribution is -0.138. The molecule has 2 aliphatic rings. The summed E-state index contributed by atoms with van der Waals surface area (Å²) in [5, 5.41) is 0. The third-order valence-corrected chi connectivity index (χ3v) is 5.74. The Morgan fingerprint density at radius 2 is 1.64 bits per heavy atom. The normalized spacial score (nSPS) is 18.4. The minimum absolute atomic E-state index is 0.0264. The highest BCUT2D eigenvalue weighted by Gasteiger charge is 2.53. The van der Waals surface area contributed by atoms with Crippen LogP contribution in [-0.4, -0.2) is 51.9 Å². The number of likely N-dealkylation sites (tertiary alicyclic amines) is 1. The molecule has 33 heavy (non-hydrogen) atoms. The molecular weight excluding hydrogens is 422 g/mol. The van der Waals surface area contributed by atoms with Crippen LogP contribution in [0.3, 0.4) is 0 Å². The molecule has 2 aromatic carbocycles. The first kappa shape index (κ1) is 20.5. The van der Waals surface area contributed by atoms with Crippen molar-refractivity contribution in [1.29, 1.82) is 0 Å². The number of carbonyl (C=O) groups excluding carboxylic acids is 2. The Balaban J connectivity index is 1.31. The van der Waals surface area contributed by atoms with Gasteiger partial charge in [-0.1, -0.05) is 24.8 Å². The molecule has 0 radical (unpaired) electrons. The second kappa shape index (κ2) is 8.27. The first-order valence-corrected chi connectivity index (χ1v) is 10.4. The van der Waals surface area contributed by atoms with Crippen molar-refractivity contribution >= 4 is 17.6 Å². The molecule has 2 fully saturated rings. The largest absolute Gasteiger partial charge is 0.457 e. The van der Waals surface area contributed by atoms with Crippen molar-refractivity contribution in [3.05, 3.63) is 79.1 Å². The zero-order valence-electron chi connectivity index (χ0n) is 17.6. The summed E-state index contributed by atoms with van der Waals surface area (Å²) in [7, 11) is 0. The van der Waals surface area contributed by atoms with Gasteiger partial charge in [0.1, 0.15) is 17.2 Å². The van der Waals surface area contributed by atoms with Gasteiger partial charge in [0.05, 0.1) is 18.3 Å². The highest BCUT2D eigenvalue weighted by atomic mass is 16.5. The molecule has 166 valence electrons. The molecule has 2 aliphatic heterocycles. The summed E-state index contributed by atoms with van der Waals surface area (Å²) >= 11 is 0. The maximum atomic E-state index is 11.9. The summed E-state index contributed by atoms with van der Waals surface area (Å²) in [5.74, 6) is 1.59. The second-order valence-electron chi connectivity index (χ2n) is 7.72. The van der Waals surface area contributed by atoms with Gasteiger partial charge in [-0.2, -0.15) is 4.98 Å². The Hall–Kier alpha value is -4.40. The van der Waals surface area contributed by atoms with E-state index in [1.807, 2.05) is 35.2 Å². The summed E-state index contributed by atoms with van der Waals surface area (Å²) in [5.41, 5.74) is 5.41. The van der Waals surface area contributed by atoms with Crippen LogP contribution in [0.2, 0.25) is 0 Å². The van der Waals surface area contributed by atoms with Gasteiger partial charge in [-0.05, 0) is 42.5 Å². The van der Waals surface area contributed by atoms with Crippen LogP contribution in [0.15, 0.2) is 73.4 Å². The highest BCUT2D eigenvalue weighted by molar-refractivity contribution is 5.93. The van der Waals surface area contributed by atoms with E-state index in [9.17, 15) is 9.59 Å². The van der Waals surface area contributed by atoms with E-state index in [-0.39, 0.29) is 29.6 Å². The zero-order valence-corrected chi connectivity index (χ0v) is 17.6. The lowest BCUT2D eigenvalue weighted by Gasteiger charge is -2.61. The van der Waals surface area contributed by atoms with Gasteiger partial charge >= 0.3 is 0 Å². The molecule has 2 N–H and O–H groups in total. The summed E-state index contributed by atoms with van der Waals surface area (Å²) in [6.07, 6.45) is 2.82. The van der Waals surface area contributed by atoms with Crippen LogP contribution in [0, 0.1) is 0 Å². The van der Waals surface area contributed by atoms with E-state index in [1.165, 1.54) is 12.3 Å². The summed E-state index contributed by atoms with van der Waals surface area (Å²) in [6, 6.07) is 16.6. The third-order valence-electron chi connectivity index (χ3n) is 5.74. The molecule has 9 nitrogen and oxygen atoms in total. The van der Waals surface area contributed by atoms with E-state index in [4.69, 9.17) is 15.2 Å². The lowest BCUT2D eigenvalue weighted by atomic mass is 9.85. The predicted molar refractivity (Wildman–Crippen MR) is 120 cm³/mol. The number of hydrogen-bond acceptors (Lipinski definition) is 7. The summed E-state index contributed by atoms with van der Waals surface area (Å²) < 4.78 is 11.6. The fraction of sp³-hybridized carbons (Fsp3) is 0.167. The topological polar surface area (TPSA) is 111 Å². The number of nitrogens with zero attached hydrogens (tertiary/aromatic N) is 4. The Bertz CT molecular complexity index is 1220. The van der Waals surface area contributed by atoms with E-state index < -0.39 is 5.91 Å². The fourth-order valence-electron chi connectivity index (χ4n) is 3.94. The van der Waals surface area contributed by atoms with Crippen molar-refractivity contribution in [3.63, 3.8) is 0 Å².